The Balaban J connectivity index is 2.30. The van der Waals surface area contributed by atoms with Gasteiger partial charge in [0, 0.05) is 28.9 Å². The van der Waals surface area contributed by atoms with Crippen LogP contribution in [0.3, 0.4) is 0 Å². The summed E-state index contributed by atoms with van der Waals surface area (Å²) in [5.74, 6) is 0.899. The first kappa shape index (κ1) is 7.79. The van der Waals surface area contributed by atoms with Crippen molar-refractivity contribution in [3.8, 4) is 0 Å². The van der Waals surface area contributed by atoms with Crippen LogP contribution in [0.5, 0.6) is 0 Å². The van der Waals surface area contributed by atoms with E-state index in [4.69, 9.17) is 0 Å². The molecule has 2 heteroatoms. The Labute approximate surface area is 71.1 Å². The highest BCUT2D eigenvalue weighted by Gasteiger charge is 2.19. The second-order valence-corrected chi connectivity index (χ2v) is 3.60. The Morgan fingerprint density at radius 1 is 1.33 bits per heavy atom. The fraction of sp³-hybridized carbons (Fsp3) is 1.00. The van der Waals surface area contributed by atoms with E-state index in [1.54, 1.807) is 0 Å². The maximum absolute atomic E-state index is 3.32. The minimum Gasteiger partial charge on any atom is -0.258 e. The highest BCUT2D eigenvalue weighted by molar-refractivity contribution is 14.1. The molecule has 0 heterocycles. The summed E-state index contributed by atoms with van der Waals surface area (Å²) in [5.41, 5.74) is 0. The molecule has 1 saturated carbocycles. The van der Waals surface area contributed by atoms with Crippen molar-refractivity contribution in [2.45, 2.75) is 38.6 Å². The van der Waals surface area contributed by atoms with Crippen LogP contribution in [0.4, 0.5) is 0 Å². The molecule has 0 saturated heterocycles. The van der Waals surface area contributed by atoms with Gasteiger partial charge in [0.1, 0.15) is 0 Å². The lowest BCUT2D eigenvalue weighted by molar-refractivity contribution is 0.321. The predicted molar refractivity (Wildman–Crippen MR) is 48.6 cm³/mol. The van der Waals surface area contributed by atoms with E-state index in [0.29, 0.717) is 0 Å². The molecule has 0 aliphatic heterocycles. The molecular formula is C7H14IN. The summed E-state index contributed by atoms with van der Waals surface area (Å²) in [6, 6.07) is 0.791. The van der Waals surface area contributed by atoms with E-state index < -0.39 is 0 Å². The molecule has 0 radical (unpaired) electrons. The largest absolute Gasteiger partial charge is 0.258 e. The lowest BCUT2D eigenvalue weighted by atomic mass is 9.87. The zero-order valence-electron chi connectivity index (χ0n) is 5.86. The highest BCUT2D eigenvalue weighted by atomic mass is 127. The first-order chi connectivity index (χ1) is 4.34. The quantitative estimate of drug-likeness (QED) is 0.547. The average molecular weight is 239 g/mol. The summed E-state index contributed by atoms with van der Waals surface area (Å²) >= 11 is 2.27. The fourth-order valence-corrected chi connectivity index (χ4v) is 2.40. The van der Waals surface area contributed by atoms with Crippen molar-refractivity contribution in [1.82, 2.24) is 3.53 Å². The van der Waals surface area contributed by atoms with E-state index in [1.807, 2.05) is 0 Å². The summed E-state index contributed by atoms with van der Waals surface area (Å²) in [7, 11) is 0. The van der Waals surface area contributed by atoms with Gasteiger partial charge in [0.2, 0.25) is 0 Å². The molecule has 1 N–H and O–H groups in total. The van der Waals surface area contributed by atoms with Gasteiger partial charge < -0.3 is 0 Å². The minimum absolute atomic E-state index is 0.791. The second-order valence-electron chi connectivity index (χ2n) is 2.98. The summed E-state index contributed by atoms with van der Waals surface area (Å²) < 4.78 is 3.32. The van der Waals surface area contributed by atoms with Crippen molar-refractivity contribution in [3.05, 3.63) is 0 Å². The van der Waals surface area contributed by atoms with Gasteiger partial charge >= 0.3 is 0 Å². The van der Waals surface area contributed by atoms with Gasteiger partial charge in [-0.05, 0) is 18.8 Å². The third-order valence-electron chi connectivity index (χ3n) is 2.25. The zero-order valence-corrected chi connectivity index (χ0v) is 8.02. The van der Waals surface area contributed by atoms with Crippen LogP contribution in [0.1, 0.15) is 32.6 Å². The van der Waals surface area contributed by atoms with Gasteiger partial charge in [-0.2, -0.15) is 0 Å². The third-order valence-corrected chi connectivity index (χ3v) is 3.05. The molecule has 9 heavy (non-hydrogen) atoms. The van der Waals surface area contributed by atoms with E-state index >= 15 is 0 Å². The van der Waals surface area contributed by atoms with Crippen LogP contribution in [0.2, 0.25) is 0 Å². The van der Waals surface area contributed by atoms with E-state index in [-0.39, 0.29) is 0 Å². The Morgan fingerprint density at radius 3 is 2.44 bits per heavy atom. The predicted octanol–water partition coefficient (Wildman–Crippen LogP) is 2.50. The van der Waals surface area contributed by atoms with Crippen molar-refractivity contribution in [2.24, 2.45) is 5.92 Å². The molecular weight excluding hydrogens is 225 g/mol. The van der Waals surface area contributed by atoms with Crippen molar-refractivity contribution in [2.75, 3.05) is 0 Å². The van der Waals surface area contributed by atoms with Gasteiger partial charge in [-0.25, -0.2) is 0 Å². The Hall–Kier alpha value is 0.690. The summed E-state index contributed by atoms with van der Waals surface area (Å²) in [6.07, 6.45) is 5.66. The molecule has 0 aromatic heterocycles. The van der Waals surface area contributed by atoms with Crippen molar-refractivity contribution >= 4 is 22.9 Å². The van der Waals surface area contributed by atoms with E-state index in [1.165, 1.54) is 25.7 Å². The van der Waals surface area contributed by atoms with Crippen LogP contribution in [0.15, 0.2) is 0 Å². The van der Waals surface area contributed by atoms with E-state index in [2.05, 4.69) is 33.3 Å². The van der Waals surface area contributed by atoms with Crippen LogP contribution in [-0.4, -0.2) is 6.04 Å². The number of rotatable bonds is 1. The molecule has 1 fully saturated rings. The molecule has 0 amide bonds. The monoisotopic (exact) mass is 239 g/mol. The number of halogens is 1. The Morgan fingerprint density at radius 2 is 2.00 bits per heavy atom. The number of nitrogens with one attached hydrogen (secondary N) is 1. The van der Waals surface area contributed by atoms with Crippen molar-refractivity contribution < 1.29 is 0 Å². The van der Waals surface area contributed by atoms with Gasteiger partial charge in [-0.1, -0.05) is 19.8 Å². The molecule has 54 valence electrons. The Kier molecular flexibility index (Phi) is 3.26. The first-order valence-corrected chi connectivity index (χ1v) is 4.78. The second kappa shape index (κ2) is 3.76. The fourth-order valence-electron chi connectivity index (χ4n) is 1.48. The topological polar surface area (TPSA) is 12.0 Å². The highest BCUT2D eigenvalue weighted by Crippen LogP contribution is 2.23. The zero-order chi connectivity index (χ0) is 6.69. The van der Waals surface area contributed by atoms with Crippen LogP contribution < -0.4 is 3.53 Å². The first-order valence-electron chi connectivity index (χ1n) is 3.70. The van der Waals surface area contributed by atoms with Gasteiger partial charge in [0.25, 0.3) is 0 Å². The van der Waals surface area contributed by atoms with Gasteiger partial charge in [-0.3, -0.25) is 3.53 Å². The molecule has 2 unspecified atom stereocenters. The van der Waals surface area contributed by atoms with E-state index in [0.717, 1.165) is 12.0 Å². The lowest BCUT2D eigenvalue weighted by Crippen LogP contribution is -2.30. The van der Waals surface area contributed by atoms with Gasteiger partial charge in [0.05, 0.1) is 0 Å². The number of hydrogen-bond donors (Lipinski definition) is 1. The lowest BCUT2D eigenvalue weighted by Gasteiger charge is -2.27. The smallest absolute Gasteiger partial charge is 0.0189 e. The summed E-state index contributed by atoms with van der Waals surface area (Å²) in [5, 5.41) is 0. The summed E-state index contributed by atoms with van der Waals surface area (Å²) in [4.78, 5) is 0. The van der Waals surface area contributed by atoms with Gasteiger partial charge in [0.15, 0.2) is 0 Å². The van der Waals surface area contributed by atoms with Crippen molar-refractivity contribution in [3.63, 3.8) is 0 Å². The normalized spacial score (nSPS) is 36.7. The van der Waals surface area contributed by atoms with Crippen molar-refractivity contribution in [1.29, 1.82) is 0 Å². The maximum atomic E-state index is 3.32. The third kappa shape index (κ3) is 2.08. The minimum atomic E-state index is 0.791. The maximum Gasteiger partial charge on any atom is 0.0189 e. The van der Waals surface area contributed by atoms with Crippen LogP contribution in [0, 0.1) is 5.92 Å². The molecule has 1 nitrogen and oxygen atoms in total. The standard InChI is InChI=1S/C7H14IN/c1-6-4-2-3-5-7(6)9-8/h6-7,9H,2-5H2,1H3. The van der Waals surface area contributed by atoms with Crippen LogP contribution >= 0.6 is 22.9 Å². The van der Waals surface area contributed by atoms with Gasteiger partial charge in [-0.15, -0.1) is 0 Å². The summed E-state index contributed by atoms with van der Waals surface area (Å²) in [6.45, 7) is 2.34. The van der Waals surface area contributed by atoms with Crippen LogP contribution in [0.25, 0.3) is 0 Å². The van der Waals surface area contributed by atoms with E-state index in [9.17, 15) is 0 Å². The molecule has 2 atom stereocenters. The van der Waals surface area contributed by atoms with Crippen LogP contribution in [-0.2, 0) is 0 Å². The Bertz CT molecular complexity index is 85.0. The SMILES string of the molecule is CC1CCCCC1NI. The molecule has 0 aromatic rings. The molecule has 1 rings (SSSR count). The average Bonchev–Trinajstić information content (AvgIpc) is 1.89. The molecule has 0 aromatic carbocycles. The molecule has 0 bridgehead atoms. The molecule has 0 spiro atoms. The molecule has 1 aliphatic carbocycles. The number of hydrogen-bond acceptors (Lipinski definition) is 1. The molecule has 1 aliphatic rings.